The molecule has 0 bridgehead atoms. The number of aryl methyl sites for hydroxylation is 2. The molecule has 82 valence electrons. The summed E-state index contributed by atoms with van der Waals surface area (Å²) in [5.41, 5.74) is 1.34. The van der Waals surface area contributed by atoms with E-state index in [2.05, 4.69) is 22.7 Å². The first-order chi connectivity index (χ1) is 7.33. The molecule has 3 heterocycles. The van der Waals surface area contributed by atoms with Gasteiger partial charge in [-0.25, -0.2) is 4.98 Å². The summed E-state index contributed by atoms with van der Waals surface area (Å²) in [6.07, 6.45) is 7.42. The number of hydrogen-bond acceptors (Lipinski definition) is 2. The fourth-order valence-corrected chi connectivity index (χ4v) is 2.81. The predicted molar refractivity (Wildman–Crippen MR) is 60.0 cm³/mol. The van der Waals surface area contributed by atoms with Gasteiger partial charge in [-0.05, 0) is 32.9 Å². The van der Waals surface area contributed by atoms with Crippen LogP contribution in [0.1, 0.15) is 36.7 Å². The molecule has 2 aliphatic heterocycles. The first-order valence-corrected chi connectivity index (χ1v) is 6.07. The van der Waals surface area contributed by atoms with Gasteiger partial charge in [0, 0.05) is 31.6 Å². The van der Waals surface area contributed by atoms with Gasteiger partial charge in [-0.3, -0.25) is 0 Å². The molecule has 0 amide bonds. The van der Waals surface area contributed by atoms with Crippen molar-refractivity contribution in [2.24, 2.45) is 0 Å². The van der Waals surface area contributed by atoms with Gasteiger partial charge in [0.15, 0.2) is 0 Å². The Balaban J connectivity index is 1.83. The van der Waals surface area contributed by atoms with Crippen molar-refractivity contribution in [2.75, 3.05) is 20.1 Å². The lowest BCUT2D eigenvalue weighted by Crippen LogP contribution is -2.13. The summed E-state index contributed by atoms with van der Waals surface area (Å²) in [5.74, 6) is 2.01. The summed E-state index contributed by atoms with van der Waals surface area (Å²) in [7, 11) is 2.20. The first kappa shape index (κ1) is 9.40. The van der Waals surface area contributed by atoms with Gasteiger partial charge in [0.05, 0.1) is 5.69 Å². The van der Waals surface area contributed by atoms with E-state index in [1.807, 2.05) is 0 Å². The Morgan fingerprint density at radius 2 is 2.27 bits per heavy atom. The van der Waals surface area contributed by atoms with E-state index in [4.69, 9.17) is 4.98 Å². The molecule has 0 saturated carbocycles. The lowest BCUT2D eigenvalue weighted by molar-refractivity contribution is 0.411. The first-order valence-electron chi connectivity index (χ1n) is 6.07. The van der Waals surface area contributed by atoms with E-state index in [1.54, 1.807) is 0 Å². The van der Waals surface area contributed by atoms with Crippen molar-refractivity contribution < 1.29 is 0 Å². The molecule has 0 N–H and O–H groups in total. The molecule has 1 aromatic rings. The largest absolute Gasteiger partial charge is 0.335 e. The van der Waals surface area contributed by atoms with Gasteiger partial charge < -0.3 is 9.47 Å². The highest BCUT2D eigenvalue weighted by molar-refractivity contribution is 5.13. The summed E-state index contributed by atoms with van der Waals surface area (Å²) >= 11 is 0. The van der Waals surface area contributed by atoms with Crippen molar-refractivity contribution in [1.29, 1.82) is 0 Å². The molecule has 1 atom stereocenters. The molecule has 1 fully saturated rings. The molecule has 0 radical (unpaired) electrons. The third kappa shape index (κ3) is 1.69. The van der Waals surface area contributed by atoms with Gasteiger partial charge in [0.2, 0.25) is 0 Å². The highest BCUT2D eigenvalue weighted by Crippen LogP contribution is 2.27. The van der Waals surface area contributed by atoms with Crippen LogP contribution in [-0.4, -0.2) is 34.6 Å². The Bertz CT molecular complexity index is 332. The zero-order valence-electron chi connectivity index (χ0n) is 9.45. The molecule has 3 heteroatoms. The maximum atomic E-state index is 4.80. The zero-order valence-corrected chi connectivity index (χ0v) is 9.45. The van der Waals surface area contributed by atoms with E-state index in [-0.39, 0.29) is 0 Å². The maximum Gasteiger partial charge on any atom is 0.108 e. The minimum Gasteiger partial charge on any atom is -0.335 e. The Morgan fingerprint density at radius 3 is 3.00 bits per heavy atom. The molecule has 1 aromatic heterocycles. The van der Waals surface area contributed by atoms with Crippen LogP contribution < -0.4 is 0 Å². The van der Waals surface area contributed by atoms with E-state index < -0.39 is 0 Å². The third-order valence-electron chi connectivity index (χ3n) is 3.74. The van der Waals surface area contributed by atoms with E-state index in [0.29, 0.717) is 5.92 Å². The van der Waals surface area contributed by atoms with Crippen LogP contribution in [0.15, 0.2) is 6.20 Å². The fourth-order valence-electron chi connectivity index (χ4n) is 2.81. The number of likely N-dealkylation sites (tertiary alicyclic amines) is 1. The van der Waals surface area contributed by atoms with Crippen molar-refractivity contribution >= 4 is 0 Å². The molecule has 3 nitrogen and oxygen atoms in total. The van der Waals surface area contributed by atoms with Gasteiger partial charge in [0.25, 0.3) is 0 Å². The number of likely N-dealkylation sites (N-methyl/N-ethyl adjacent to an activating group) is 1. The van der Waals surface area contributed by atoms with Crippen LogP contribution in [0.25, 0.3) is 0 Å². The predicted octanol–water partition coefficient (Wildman–Crippen LogP) is 1.64. The second-order valence-corrected chi connectivity index (χ2v) is 4.98. The van der Waals surface area contributed by atoms with Crippen LogP contribution in [0.5, 0.6) is 0 Å². The molecular formula is C12H19N3. The second-order valence-electron chi connectivity index (χ2n) is 4.98. The lowest BCUT2D eigenvalue weighted by atomic mass is 10.1. The van der Waals surface area contributed by atoms with Gasteiger partial charge in [-0.15, -0.1) is 0 Å². The van der Waals surface area contributed by atoms with Crippen LogP contribution in [0.4, 0.5) is 0 Å². The molecule has 3 rings (SSSR count). The van der Waals surface area contributed by atoms with E-state index in [9.17, 15) is 0 Å². The smallest absolute Gasteiger partial charge is 0.108 e. The summed E-state index contributed by atoms with van der Waals surface area (Å²) in [5, 5.41) is 0. The monoisotopic (exact) mass is 205 g/mol. The van der Waals surface area contributed by atoms with Crippen molar-refractivity contribution in [3.05, 3.63) is 17.7 Å². The Kier molecular flexibility index (Phi) is 2.28. The summed E-state index contributed by atoms with van der Waals surface area (Å²) in [6.45, 7) is 3.61. The molecule has 0 aromatic carbocycles. The average Bonchev–Trinajstić information content (AvgIpc) is 2.82. The van der Waals surface area contributed by atoms with Crippen molar-refractivity contribution in [2.45, 2.75) is 38.1 Å². The molecule has 0 spiro atoms. The number of imidazole rings is 1. The SMILES string of the molecule is CN1CCC(c2cn3c(n2)CCCC3)C1. The zero-order chi connectivity index (χ0) is 10.3. The number of hydrogen-bond donors (Lipinski definition) is 0. The fraction of sp³-hybridized carbons (Fsp3) is 0.750. The van der Waals surface area contributed by atoms with Gasteiger partial charge in [-0.2, -0.15) is 0 Å². The van der Waals surface area contributed by atoms with Crippen molar-refractivity contribution in [1.82, 2.24) is 14.5 Å². The van der Waals surface area contributed by atoms with Crippen LogP contribution in [0.2, 0.25) is 0 Å². The molecule has 15 heavy (non-hydrogen) atoms. The van der Waals surface area contributed by atoms with Gasteiger partial charge >= 0.3 is 0 Å². The van der Waals surface area contributed by atoms with Crippen molar-refractivity contribution in [3.8, 4) is 0 Å². The Labute approximate surface area is 91.1 Å². The topological polar surface area (TPSA) is 21.1 Å². The standard InChI is InChI=1S/C12H19N3/c1-14-7-5-10(8-14)11-9-15-6-3-2-4-12(15)13-11/h9-10H,2-8H2,1H3. The van der Waals surface area contributed by atoms with Crippen LogP contribution >= 0.6 is 0 Å². The second kappa shape index (κ2) is 3.63. The van der Waals surface area contributed by atoms with Crippen LogP contribution in [0, 0.1) is 0 Å². The summed E-state index contributed by atoms with van der Waals surface area (Å²) in [4.78, 5) is 7.21. The van der Waals surface area contributed by atoms with Crippen LogP contribution in [-0.2, 0) is 13.0 Å². The molecule has 1 unspecified atom stereocenters. The Hall–Kier alpha value is -0.830. The number of aromatic nitrogens is 2. The van der Waals surface area contributed by atoms with E-state index >= 15 is 0 Å². The number of rotatable bonds is 1. The Morgan fingerprint density at radius 1 is 1.33 bits per heavy atom. The van der Waals surface area contributed by atoms with Gasteiger partial charge in [-0.1, -0.05) is 0 Å². The number of nitrogens with zero attached hydrogens (tertiary/aromatic N) is 3. The number of fused-ring (bicyclic) bond motifs is 1. The third-order valence-corrected chi connectivity index (χ3v) is 3.74. The minimum absolute atomic E-state index is 0.688. The van der Waals surface area contributed by atoms with E-state index in [1.165, 1.54) is 56.8 Å². The van der Waals surface area contributed by atoms with Gasteiger partial charge in [0.1, 0.15) is 5.82 Å². The van der Waals surface area contributed by atoms with E-state index in [0.717, 1.165) is 0 Å². The summed E-state index contributed by atoms with van der Waals surface area (Å²) < 4.78 is 2.37. The summed E-state index contributed by atoms with van der Waals surface area (Å²) in [6, 6.07) is 0. The normalized spacial score (nSPS) is 26.9. The molecule has 1 saturated heterocycles. The quantitative estimate of drug-likeness (QED) is 0.695. The molecular weight excluding hydrogens is 186 g/mol. The van der Waals surface area contributed by atoms with Crippen LogP contribution in [0.3, 0.4) is 0 Å². The highest BCUT2D eigenvalue weighted by atomic mass is 15.1. The molecule has 0 aliphatic carbocycles. The average molecular weight is 205 g/mol. The minimum atomic E-state index is 0.688. The molecule has 2 aliphatic rings. The lowest BCUT2D eigenvalue weighted by Gasteiger charge is -2.11. The maximum absolute atomic E-state index is 4.80. The van der Waals surface area contributed by atoms with Crippen molar-refractivity contribution in [3.63, 3.8) is 0 Å². The highest BCUT2D eigenvalue weighted by Gasteiger charge is 2.24.